The topological polar surface area (TPSA) is 139 Å². The van der Waals surface area contributed by atoms with Gasteiger partial charge in [0.1, 0.15) is 30.4 Å². The van der Waals surface area contributed by atoms with E-state index in [1.807, 2.05) is 6.07 Å². The van der Waals surface area contributed by atoms with Gasteiger partial charge in [-0.3, -0.25) is 4.57 Å². The van der Waals surface area contributed by atoms with Crippen molar-refractivity contribution in [2.24, 2.45) is 0 Å². The van der Waals surface area contributed by atoms with Crippen LogP contribution in [0.1, 0.15) is 12.0 Å². The zero-order chi connectivity index (χ0) is 17.4. The molecule has 0 spiro atoms. The summed E-state index contributed by atoms with van der Waals surface area (Å²) in [6.45, 7) is 0.0338. The minimum atomic E-state index is -1.20. The van der Waals surface area contributed by atoms with E-state index in [0.29, 0.717) is 23.5 Å². The number of furan rings is 1. The van der Waals surface area contributed by atoms with Gasteiger partial charge in [0.15, 0.2) is 23.2 Å². The summed E-state index contributed by atoms with van der Waals surface area (Å²) in [4.78, 5) is 12.7. The fourth-order valence-corrected chi connectivity index (χ4v) is 2.86. The summed E-state index contributed by atoms with van der Waals surface area (Å²) >= 11 is 0. The number of hydrogen-bond donors (Lipinski definition) is 4. The summed E-state index contributed by atoms with van der Waals surface area (Å²) in [5.74, 6) is 1.25. The number of aromatic nitrogens is 4. The van der Waals surface area contributed by atoms with Gasteiger partial charge in [0, 0.05) is 0 Å². The van der Waals surface area contributed by atoms with Crippen molar-refractivity contribution >= 4 is 17.0 Å². The van der Waals surface area contributed by atoms with E-state index in [2.05, 4.69) is 20.3 Å². The van der Waals surface area contributed by atoms with Crippen LogP contribution in [-0.2, 0) is 11.3 Å². The van der Waals surface area contributed by atoms with E-state index in [0.717, 1.165) is 5.76 Å². The lowest BCUT2D eigenvalue weighted by Gasteiger charge is -2.16. The Morgan fingerprint density at radius 1 is 1.20 bits per heavy atom. The third-order valence-electron chi connectivity index (χ3n) is 4.16. The molecule has 1 aliphatic rings. The van der Waals surface area contributed by atoms with Gasteiger partial charge in [0.25, 0.3) is 0 Å². The molecule has 4 heterocycles. The highest BCUT2D eigenvalue weighted by Gasteiger charge is 2.44. The predicted octanol–water partition coefficient (Wildman–Crippen LogP) is -0.357. The van der Waals surface area contributed by atoms with Crippen molar-refractivity contribution in [2.75, 3.05) is 11.9 Å². The van der Waals surface area contributed by atoms with Crippen molar-refractivity contribution < 1.29 is 24.5 Å². The molecule has 0 aromatic carbocycles. The molecule has 1 aliphatic heterocycles. The predicted molar refractivity (Wildman–Crippen MR) is 84.4 cm³/mol. The summed E-state index contributed by atoms with van der Waals surface area (Å²) in [7, 11) is 0. The molecule has 3 aromatic heterocycles. The molecule has 25 heavy (non-hydrogen) atoms. The Morgan fingerprint density at radius 3 is 2.80 bits per heavy atom. The van der Waals surface area contributed by atoms with E-state index < -0.39 is 31.1 Å². The van der Waals surface area contributed by atoms with E-state index in [4.69, 9.17) is 9.15 Å². The van der Waals surface area contributed by atoms with Crippen LogP contribution < -0.4 is 5.32 Å². The maximum atomic E-state index is 10.2. The molecule has 3 aromatic rings. The van der Waals surface area contributed by atoms with Crippen LogP contribution in [0.4, 0.5) is 5.82 Å². The number of rotatable bonds is 5. The van der Waals surface area contributed by atoms with Gasteiger partial charge in [-0.2, -0.15) is 0 Å². The maximum Gasteiger partial charge on any atom is 0.167 e. The molecule has 4 atom stereocenters. The van der Waals surface area contributed by atoms with Crippen molar-refractivity contribution in [1.82, 2.24) is 19.5 Å². The van der Waals surface area contributed by atoms with Crippen LogP contribution >= 0.6 is 0 Å². The molecule has 4 rings (SSSR count). The van der Waals surface area contributed by atoms with Crippen molar-refractivity contribution in [3.63, 3.8) is 0 Å². The van der Waals surface area contributed by atoms with Gasteiger partial charge in [0.2, 0.25) is 0 Å². The molecule has 0 saturated carbocycles. The average molecular weight is 347 g/mol. The third-order valence-corrected chi connectivity index (χ3v) is 4.16. The Morgan fingerprint density at radius 2 is 2.08 bits per heavy atom. The zero-order valence-electron chi connectivity index (χ0n) is 13.1. The normalized spacial score (nSPS) is 26.4. The van der Waals surface area contributed by atoms with E-state index in [1.54, 1.807) is 12.3 Å². The van der Waals surface area contributed by atoms with Gasteiger partial charge in [-0.15, -0.1) is 0 Å². The molecule has 10 nitrogen and oxygen atoms in total. The lowest BCUT2D eigenvalue weighted by molar-refractivity contribution is -0.0511. The van der Waals surface area contributed by atoms with Crippen LogP contribution in [0.15, 0.2) is 35.5 Å². The molecule has 4 N–H and O–H groups in total. The molecule has 1 fully saturated rings. The van der Waals surface area contributed by atoms with Gasteiger partial charge in [-0.05, 0) is 12.1 Å². The third kappa shape index (κ3) is 2.74. The number of fused-ring (bicyclic) bond motifs is 1. The van der Waals surface area contributed by atoms with Gasteiger partial charge in [-0.1, -0.05) is 0 Å². The van der Waals surface area contributed by atoms with Gasteiger partial charge < -0.3 is 29.8 Å². The number of ether oxygens (including phenoxy) is 1. The molecule has 0 aliphatic carbocycles. The second-order valence-corrected chi connectivity index (χ2v) is 5.71. The van der Waals surface area contributed by atoms with Crippen LogP contribution in [-0.4, -0.2) is 59.8 Å². The smallest absolute Gasteiger partial charge is 0.167 e. The van der Waals surface area contributed by atoms with Crippen LogP contribution in [0.2, 0.25) is 0 Å². The SMILES string of the molecule is OC[C@H]1OC(n2cnc3c(NCc4ccco4)ncnc32)[C@@H](O)[C@@H]1O. The minimum absolute atomic E-state index is 0.397. The Kier molecular flexibility index (Phi) is 4.09. The Hall–Kier alpha value is -2.53. The van der Waals surface area contributed by atoms with Gasteiger partial charge >= 0.3 is 0 Å². The first-order valence-electron chi connectivity index (χ1n) is 7.75. The lowest BCUT2D eigenvalue weighted by Crippen LogP contribution is -2.33. The number of nitrogens with zero attached hydrogens (tertiary/aromatic N) is 4. The number of hydrogen-bond acceptors (Lipinski definition) is 9. The van der Waals surface area contributed by atoms with Gasteiger partial charge in [0.05, 0.1) is 25.7 Å². The van der Waals surface area contributed by atoms with E-state index >= 15 is 0 Å². The molecule has 1 unspecified atom stereocenters. The number of nitrogens with one attached hydrogen (secondary N) is 1. The zero-order valence-corrected chi connectivity index (χ0v) is 13.1. The first-order valence-corrected chi connectivity index (χ1v) is 7.75. The fourth-order valence-electron chi connectivity index (χ4n) is 2.86. The van der Waals surface area contributed by atoms with Crippen LogP contribution in [0.25, 0.3) is 11.2 Å². The number of imidazole rings is 1. The maximum absolute atomic E-state index is 10.2. The monoisotopic (exact) mass is 347 g/mol. The second-order valence-electron chi connectivity index (χ2n) is 5.71. The number of anilines is 1. The second kappa shape index (κ2) is 6.41. The minimum Gasteiger partial charge on any atom is -0.467 e. The highest BCUT2D eigenvalue weighted by molar-refractivity contribution is 5.82. The Balaban J connectivity index is 1.63. The van der Waals surface area contributed by atoms with E-state index in [1.165, 1.54) is 17.2 Å². The molecule has 1 saturated heterocycles. The number of aliphatic hydroxyl groups excluding tert-OH is 3. The highest BCUT2D eigenvalue weighted by atomic mass is 16.6. The molecule has 132 valence electrons. The summed E-state index contributed by atoms with van der Waals surface area (Å²) in [6.07, 6.45) is 0.253. The summed E-state index contributed by atoms with van der Waals surface area (Å²) in [6, 6.07) is 3.63. The van der Waals surface area contributed by atoms with E-state index in [9.17, 15) is 15.3 Å². The van der Waals surface area contributed by atoms with E-state index in [-0.39, 0.29) is 0 Å². The molecular weight excluding hydrogens is 330 g/mol. The van der Waals surface area contributed by atoms with Crippen LogP contribution in [0.3, 0.4) is 0 Å². The quantitative estimate of drug-likeness (QED) is 0.487. The summed E-state index contributed by atoms with van der Waals surface area (Å²) < 4.78 is 12.3. The average Bonchev–Trinajstić information content (AvgIpc) is 3.34. The van der Waals surface area contributed by atoms with Crippen LogP contribution in [0, 0.1) is 0 Å². The highest BCUT2D eigenvalue weighted by Crippen LogP contribution is 2.32. The standard InChI is InChI=1S/C15H17N5O5/c21-5-9-11(22)12(23)15(25-9)20-7-19-10-13(17-6-18-14(10)20)16-4-8-2-1-3-24-8/h1-3,6-7,9,11-12,15,21-23H,4-5H2,(H,16,17,18)/t9-,11-,12+,15?/m1/s1. The van der Waals surface area contributed by atoms with Crippen LogP contribution in [0.5, 0.6) is 0 Å². The largest absolute Gasteiger partial charge is 0.467 e. The first kappa shape index (κ1) is 16.0. The molecule has 0 bridgehead atoms. The fraction of sp³-hybridized carbons (Fsp3) is 0.400. The molecule has 0 amide bonds. The van der Waals surface area contributed by atoms with Crippen molar-refractivity contribution in [3.8, 4) is 0 Å². The summed E-state index contributed by atoms with van der Waals surface area (Å²) in [5, 5.41) is 32.4. The Bertz CT molecular complexity index is 851. The van der Waals surface area contributed by atoms with Crippen molar-refractivity contribution in [3.05, 3.63) is 36.8 Å². The number of aliphatic hydroxyl groups is 3. The Labute approximate surface area is 141 Å². The first-order chi connectivity index (χ1) is 12.2. The summed E-state index contributed by atoms with van der Waals surface area (Å²) in [5.41, 5.74) is 0.929. The van der Waals surface area contributed by atoms with Crippen molar-refractivity contribution in [1.29, 1.82) is 0 Å². The van der Waals surface area contributed by atoms with Crippen molar-refractivity contribution in [2.45, 2.75) is 31.1 Å². The molecule has 0 radical (unpaired) electrons. The van der Waals surface area contributed by atoms with Gasteiger partial charge in [-0.25, -0.2) is 15.0 Å². The molecular formula is C15H17N5O5. The lowest BCUT2D eigenvalue weighted by atomic mass is 10.1. The molecule has 10 heteroatoms.